The number of carbonyl (C=O) groups excluding carboxylic acids is 1. The van der Waals surface area contributed by atoms with Crippen LogP contribution in [-0.2, 0) is 19.0 Å². The van der Waals surface area contributed by atoms with Gasteiger partial charge in [-0.2, -0.15) is 0 Å². The number of carbonyl (C=O) groups is 1. The molecule has 0 heterocycles. The van der Waals surface area contributed by atoms with Crippen LogP contribution in [0.15, 0.2) is 23.3 Å². The van der Waals surface area contributed by atoms with Gasteiger partial charge in [0.1, 0.15) is 0 Å². The highest BCUT2D eigenvalue weighted by Crippen LogP contribution is 2.16. The van der Waals surface area contributed by atoms with Crippen LogP contribution in [0.5, 0.6) is 0 Å². The van der Waals surface area contributed by atoms with E-state index in [2.05, 4.69) is 60.6 Å². The molecule has 0 amide bonds. The number of allylic oxidation sites excluding steroid dienone is 4. The topological polar surface area (TPSA) is 65.0 Å². The Labute approximate surface area is 204 Å². The summed E-state index contributed by atoms with van der Waals surface area (Å²) in [6.07, 6.45) is 11.3. The van der Waals surface area contributed by atoms with Crippen LogP contribution in [0.3, 0.4) is 0 Å². The van der Waals surface area contributed by atoms with Crippen molar-refractivity contribution in [2.24, 2.45) is 17.8 Å². The first kappa shape index (κ1) is 31.8. The van der Waals surface area contributed by atoms with Crippen molar-refractivity contribution in [2.45, 2.75) is 99.2 Å². The summed E-state index contributed by atoms with van der Waals surface area (Å²) in [6.45, 7) is 18.0. The monoisotopic (exact) mass is 467 g/mol. The summed E-state index contributed by atoms with van der Waals surface area (Å²) in [6, 6.07) is 0. The molecule has 0 rings (SSSR count). The molecule has 1 radical (unpaired) electrons. The first-order valence-corrected chi connectivity index (χ1v) is 12.7. The summed E-state index contributed by atoms with van der Waals surface area (Å²) in [4.78, 5) is 12.0. The van der Waals surface area contributed by atoms with Gasteiger partial charge in [0.05, 0.1) is 13.0 Å². The van der Waals surface area contributed by atoms with Crippen LogP contribution in [0.25, 0.3) is 0 Å². The van der Waals surface area contributed by atoms with Gasteiger partial charge in [0.15, 0.2) is 6.29 Å². The zero-order valence-electron chi connectivity index (χ0n) is 22.2. The van der Waals surface area contributed by atoms with E-state index in [0.29, 0.717) is 31.5 Å². The highest BCUT2D eigenvalue weighted by molar-refractivity contribution is 5.69. The van der Waals surface area contributed by atoms with E-state index >= 15 is 0 Å². The summed E-state index contributed by atoms with van der Waals surface area (Å²) in [5.41, 5.74) is 2.72. The molecule has 0 aliphatic carbocycles. The molecule has 0 aromatic rings. The summed E-state index contributed by atoms with van der Waals surface area (Å²) in [5.74, 6) is 0.556. The quantitative estimate of drug-likeness (QED) is 0.123. The molecule has 3 atom stereocenters. The van der Waals surface area contributed by atoms with Gasteiger partial charge in [0.25, 0.3) is 0 Å². The Kier molecular flexibility index (Phi) is 19.5. The minimum Gasteiger partial charge on any atom is -0.465 e. The Morgan fingerprint density at radius 3 is 1.76 bits per heavy atom. The number of esters is 1. The lowest BCUT2D eigenvalue weighted by molar-refractivity contribution is -0.161. The Bertz CT molecular complexity index is 512. The van der Waals surface area contributed by atoms with E-state index in [9.17, 15) is 4.79 Å². The molecule has 0 fully saturated rings. The van der Waals surface area contributed by atoms with Gasteiger partial charge < -0.3 is 19.3 Å². The molecule has 5 nitrogen and oxygen atoms in total. The molecular formula is C28H51O5. The first-order chi connectivity index (χ1) is 15.6. The maximum Gasteiger partial charge on any atom is 0.305 e. The second-order valence-electron chi connectivity index (χ2n) is 9.95. The lowest BCUT2D eigenvalue weighted by Gasteiger charge is -2.21. The third kappa shape index (κ3) is 21.1. The standard InChI is InChI=1S/C28H51O5/c1-22(2)10-8-12-24(5)16-18-31-28(15-14-27(30)33-21-26(7)20-29)32-19-17-25(6)13-9-11-23(3)4/h10-11,24-26,28-29H,7-9,12-21H2,1-6H3. The van der Waals surface area contributed by atoms with Gasteiger partial charge in [-0.3, -0.25) is 4.79 Å². The van der Waals surface area contributed by atoms with Crippen LogP contribution >= 0.6 is 0 Å². The first-order valence-electron chi connectivity index (χ1n) is 12.7. The van der Waals surface area contributed by atoms with E-state index in [1.54, 1.807) is 0 Å². The average Bonchev–Trinajstić information content (AvgIpc) is 2.74. The number of aliphatic hydroxyl groups excluding tert-OH is 1. The van der Waals surface area contributed by atoms with Crippen LogP contribution in [0.2, 0.25) is 0 Å². The lowest BCUT2D eigenvalue weighted by atomic mass is 10.0. The molecule has 0 spiro atoms. The maximum absolute atomic E-state index is 12.0. The number of aliphatic hydroxyl groups is 1. The predicted molar refractivity (Wildman–Crippen MR) is 137 cm³/mol. The second-order valence-corrected chi connectivity index (χ2v) is 9.95. The molecule has 0 aliphatic rings. The molecule has 3 unspecified atom stereocenters. The molecule has 0 aromatic heterocycles. The number of hydrogen-bond donors (Lipinski definition) is 1. The molecule has 193 valence electrons. The zero-order chi connectivity index (χ0) is 25.1. The molecule has 1 N–H and O–H groups in total. The van der Waals surface area contributed by atoms with E-state index in [4.69, 9.17) is 19.3 Å². The van der Waals surface area contributed by atoms with Crippen molar-refractivity contribution in [3.63, 3.8) is 0 Å². The van der Waals surface area contributed by atoms with Gasteiger partial charge in [0, 0.05) is 32.2 Å². The third-order valence-corrected chi connectivity index (χ3v) is 5.58. The molecule has 0 bridgehead atoms. The highest BCUT2D eigenvalue weighted by atomic mass is 16.7. The average molecular weight is 468 g/mol. The number of rotatable bonds is 20. The van der Waals surface area contributed by atoms with Gasteiger partial charge in [-0.25, -0.2) is 0 Å². The predicted octanol–water partition coefficient (Wildman–Crippen LogP) is 6.66. The summed E-state index contributed by atoms with van der Waals surface area (Å²) < 4.78 is 17.2. The van der Waals surface area contributed by atoms with Crippen LogP contribution < -0.4 is 0 Å². The SMILES string of the molecule is [CH2]C(CO)COC(=O)CCC(OCCC(C)CCC=C(C)C)OCCC(C)CCC=C(C)C. The number of ether oxygens (including phenoxy) is 3. The van der Waals surface area contributed by atoms with Crippen LogP contribution in [-0.4, -0.2) is 43.8 Å². The lowest BCUT2D eigenvalue weighted by Crippen LogP contribution is -2.22. The van der Waals surface area contributed by atoms with Crippen molar-refractivity contribution in [1.29, 1.82) is 0 Å². The van der Waals surface area contributed by atoms with E-state index in [0.717, 1.165) is 38.5 Å². The molecule has 0 saturated carbocycles. The third-order valence-electron chi connectivity index (χ3n) is 5.58. The van der Waals surface area contributed by atoms with Gasteiger partial charge in [-0.05, 0) is 85.0 Å². The van der Waals surface area contributed by atoms with Crippen molar-refractivity contribution in [1.82, 2.24) is 0 Å². The van der Waals surface area contributed by atoms with E-state index in [-0.39, 0.29) is 31.5 Å². The van der Waals surface area contributed by atoms with E-state index in [1.807, 2.05) is 0 Å². The Morgan fingerprint density at radius 1 is 0.848 bits per heavy atom. The normalized spacial score (nSPS) is 14.8. The van der Waals surface area contributed by atoms with Crippen LogP contribution in [0.1, 0.15) is 92.9 Å². The summed E-state index contributed by atoms with van der Waals surface area (Å²) >= 11 is 0. The fraction of sp³-hybridized carbons (Fsp3) is 0.786. The Hall–Kier alpha value is -1.17. The van der Waals surface area contributed by atoms with E-state index in [1.165, 1.54) is 11.1 Å². The van der Waals surface area contributed by atoms with Crippen molar-refractivity contribution in [2.75, 3.05) is 26.4 Å². The van der Waals surface area contributed by atoms with E-state index < -0.39 is 6.29 Å². The van der Waals surface area contributed by atoms with Gasteiger partial charge in [-0.15, -0.1) is 0 Å². The molecular weight excluding hydrogens is 416 g/mol. The molecule has 0 aliphatic heterocycles. The minimum absolute atomic E-state index is 0.0975. The highest BCUT2D eigenvalue weighted by Gasteiger charge is 2.15. The van der Waals surface area contributed by atoms with Gasteiger partial charge in [-0.1, -0.05) is 37.1 Å². The maximum atomic E-state index is 12.0. The zero-order valence-corrected chi connectivity index (χ0v) is 22.2. The minimum atomic E-state index is -0.402. The molecule has 33 heavy (non-hydrogen) atoms. The molecule has 5 heteroatoms. The van der Waals surface area contributed by atoms with Crippen molar-refractivity contribution < 1.29 is 24.1 Å². The fourth-order valence-electron chi connectivity index (χ4n) is 3.19. The summed E-state index contributed by atoms with van der Waals surface area (Å²) in [5, 5.41) is 9.01. The van der Waals surface area contributed by atoms with Gasteiger partial charge in [0.2, 0.25) is 0 Å². The molecule has 0 saturated heterocycles. The van der Waals surface area contributed by atoms with Crippen LogP contribution in [0.4, 0.5) is 0 Å². The molecule has 0 aromatic carbocycles. The fourth-order valence-corrected chi connectivity index (χ4v) is 3.19. The Balaban J connectivity index is 4.45. The number of hydrogen-bond acceptors (Lipinski definition) is 5. The van der Waals surface area contributed by atoms with Crippen LogP contribution in [0, 0.1) is 24.7 Å². The second kappa shape index (κ2) is 20.2. The van der Waals surface area contributed by atoms with Crippen molar-refractivity contribution >= 4 is 5.97 Å². The van der Waals surface area contributed by atoms with Crippen molar-refractivity contribution in [3.8, 4) is 0 Å². The largest absolute Gasteiger partial charge is 0.465 e. The van der Waals surface area contributed by atoms with Crippen molar-refractivity contribution in [3.05, 3.63) is 30.2 Å². The Morgan fingerprint density at radius 2 is 1.33 bits per heavy atom. The summed E-state index contributed by atoms with van der Waals surface area (Å²) in [7, 11) is 0. The smallest absolute Gasteiger partial charge is 0.305 e. The van der Waals surface area contributed by atoms with Gasteiger partial charge >= 0.3 is 5.97 Å².